The van der Waals surface area contributed by atoms with Gasteiger partial charge in [-0.15, -0.1) is 0 Å². The van der Waals surface area contributed by atoms with E-state index in [4.69, 9.17) is 15.9 Å². The van der Waals surface area contributed by atoms with E-state index < -0.39 is 0 Å². The van der Waals surface area contributed by atoms with Gasteiger partial charge in [0.25, 0.3) is 0 Å². The quantitative estimate of drug-likeness (QED) is 0.616. The molecule has 1 fully saturated rings. The van der Waals surface area contributed by atoms with Crippen molar-refractivity contribution < 1.29 is 4.74 Å². The Balaban J connectivity index is 1.83. The first-order valence-electron chi connectivity index (χ1n) is 9.09. The molecule has 0 radical (unpaired) electrons. The SMILES string of the molecule is CCCOc1ccc(N)c(C(=N)c2ccnc(N3CCN(C)CC3)c2)c1. The van der Waals surface area contributed by atoms with E-state index >= 15 is 0 Å². The third-order valence-electron chi connectivity index (χ3n) is 4.63. The Bertz CT molecular complexity index is 769. The van der Waals surface area contributed by atoms with E-state index in [0.717, 1.165) is 49.7 Å². The molecule has 0 bridgehead atoms. The normalized spacial score (nSPS) is 15.1. The molecule has 2 heterocycles. The van der Waals surface area contributed by atoms with Crippen LogP contribution >= 0.6 is 0 Å². The van der Waals surface area contributed by atoms with E-state index in [-0.39, 0.29) is 0 Å². The topological polar surface area (TPSA) is 78.5 Å². The van der Waals surface area contributed by atoms with Crippen molar-refractivity contribution >= 4 is 17.2 Å². The molecule has 0 unspecified atom stereocenters. The van der Waals surface area contributed by atoms with Crippen LogP contribution in [0.3, 0.4) is 0 Å². The van der Waals surface area contributed by atoms with Crippen LogP contribution in [0.15, 0.2) is 36.5 Å². The van der Waals surface area contributed by atoms with E-state index in [0.29, 0.717) is 23.6 Å². The molecular weight excluding hydrogens is 326 g/mol. The highest BCUT2D eigenvalue weighted by Gasteiger charge is 2.17. The van der Waals surface area contributed by atoms with Crippen LogP contribution in [0, 0.1) is 5.41 Å². The Kier molecular flexibility index (Phi) is 5.73. The summed E-state index contributed by atoms with van der Waals surface area (Å²) in [5.41, 5.74) is 8.60. The summed E-state index contributed by atoms with van der Waals surface area (Å²) in [5, 5.41) is 8.64. The standard InChI is InChI=1S/C20H27N5O/c1-3-12-26-16-4-5-18(21)17(14-16)20(22)15-6-7-23-19(13-15)25-10-8-24(2)9-11-25/h4-7,13-14,22H,3,8-12,21H2,1-2H3. The van der Waals surface area contributed by atoms with Crippen LogP contribution in [0.4, 0.5) is 11.5 Å². The summed E-state index contributed by atoms with van der Waals surface area (Å²) in [6, 6.07) is 9.35. The highest BCUT2D eigenvalue weighted by Crippen LogP contribution is 2.24. The van der Waals surface area contributed by atoms with Crippen LogP contribution < -0.4 is 15.4 Å². The minimum absolute atomic E-state index is 0.391. The molecule has 0 atom stereocenters. The van der Waals surface area contributed by atoms with Crippen molar-refractivity contribution in [1.29, 1.82) is 5.41 Å². The van der Waals surface area contributed by atoms with E-state index in [1.165, 1.54) is 0 Å². The Hall–Kier alpha value is -2.60. The van der Waals surface area contributed by atoms with Gasteiger partial charge in [-0.1, -0.05) is 6.92 Å². The number of aromatic nitrogens is 1. The molecule has 1 saturated heterocycles. The van der Waals surface area contributed by atoms with Gasteiger partial charge in [-0.2, -0.15) is 0 Å². The molecule has 6 heteroatoms. The van der Waals surface area contributed by atoms with Crippen molar-refractivity contribution in [2.45, 2.75) is 13.3 Å². The van der Waals surface area contributed by atoms with Crippen molar-refractivity contribution in [3.63, 3.8) is 0 Å². The number of rotatable bonds is 6. The lowest BCUT2D eigenvalue weighted by Crippen LogP contribution is -2.44. The molecule has 26 heavy (non-hydrogen) atoms. The lowest BCUT2D eigenvalue weighted by molar-refractivity contribution is 0.312. The van der Waals surface area contributed by atoms with Crippen molar-refractivity contribution in [3.8, 4) is 5.75 Å². The van der Waals surface area contributed by atoms with Crippen LogP contribution in [0.25, 0.3) is 0 Å². The summed E-state index contributed by atoms with van der Waals surface area (Å²) in [6.45, 7) is 6.66. The monoisotopic (exact) mass is 353 g/mol. The zero-order chi connectivity index (χ0) is 18.5. The summed E-state index contributed by atoms with van der Waals surface area (Å²) in [5.74, 6) is 1.66. The Morgan fingerprint density at radius 1 is 1.19 bits per heavy atom. The average Bonchev–Trinajstić information content (AvgIpc) is 2.67. The first-order chi connectivity index (χ1) is 12.6. The van der Waals surface area contributed by atoms with Gasteiger partial charge in [0.05, 0.1) is 12.3 Å². The Morgan fingerprint density at radius 2 is 1.96 bits per heavy atom. The Morgan fingerprint density at radius 3 is 2.69 bits per heavy atom. The number of hydrogen-bond acceptors (Lipinski definition) is 6. The largest absolute Gasteiger partial charge is 0.494 e. The number of nitrogen functional groups attached to an aromatic ring is 1. The van der Waals surface area contributed by atoms with Crippen molar-refractivity contribution in [2.75, 3.05) is 50.5 Å². The first kappa shape index (κ1) is 18.2. The summed E-state index contributed by atoms with van der Waals surface area (Å²) in [4.78, 5) is 9.07. The molecule has 1 aliphatic rings. The lowest BCUT2D eigenvalue weighted by atomic mass is 10.0. The molecular formula is C20H27N5O. The van der Waals surface area contributed by atoms with Gasteiger partial charge in [-0.3, -0.25) is 5.41 Å². The molecule has 0 spiro atoms. The lowest BCUT2D eigenvalue weighted by Gasteiger charge is -2.33. The van der Waals surface area contributed by atoms with Crippen LogP contribution in [0.5, 0.6) is 5.75 Å². The maximum Gasteiger partial charge on any atom is 0.129 e. The van der Waals surface area contributed by atoms with Crippen LogP contribution in [-0.4, -0.2) is 55.4 Å². The van der Waals surface area contributed by atoms with Gasteiger partial charge in [0.15, 0.2) is 0 Å². The smallest absolute Gasteiger partial charge is 0.129 e. The van der Waals surface area contributed by atoms with Crippen LogP contribution in [0.2, 0.25) is 0 Å². The predicted molar refractivity (Wildman–Crippen MR) is 107 cm³/mol. The van der Waals surface area contributed by atoms with Crippen LogP contribution in [-0.2, 0) is 0 Å². The summed E-state index contributed by atoms with van der Waals surface area (Å²) in [7, 11) is 2.13. The average molecular weight is 353 g/mol. The number of ether oxygens (including phenoxy) is 1. The number of piperazine rings is 1. The van der Waals surface area contributed by atoms with E-state index in [1.54, 1.807) is 12.3 Å². The summed E-state index contributed by atoms with van der Waals surface area (Å²) in [6.07, 6.45) is 2.71. The highest BCUT2D eigenvalue weighted by molar-refractivity contribution is 6.14. The van der Waals surface area contributed by atoms with E-state index in [2.05, 4.69) is 28.8 Å². The second-order valence-corrected chi connectivity index (χ2v) is 6.67. The molecule has 1 aromatic heterocycles. The maximum absolute atomic E-state index is 8.64. The molecule has 0 aliphatic carbocycles. The second-order valence-electron chi connectivity index (χ2n) is 6.67. The summed E-state index contributed by atoms with van der Waals surface area (Å²) < 4.78 is 5.69. The van der Waals surface area contributed by atoms with Gasteiger partial charge in [0.2, 0.25) is 0 Å². The number of nitrogens with two attached hydrogens (primary N) is 1. The van der Waals surface area contributed by atoms with Crippen molar-refractivity contribution in [3.05, 3.63) is 47.7 Å². The highest BCUT2D eigenvalue weighted by atomic mass is 16.5. The number of nitrogens with one attached hydrogen (secondary N) is 1. The molecule has 1 aromatic carbocycles. The van der Waals surface area contributed by atoms with Crippen molar-refractivity contribution in [1.82, 2.24) is 9.88 Å². The number of likely N-dealkylation sites (N-methyl/N-ethyl adjacent to an activating group) is 1. The minimum atomic E-state index is 0.391. The minimum Gasteiger partial charge on any atom is -0.494 e. The number of nitrogens with zero attached hydrogens (tertiary/aromatic N) is 3. The van der Waals surface area contributed by atoms with Crippen LogP contribution in [0.1, 0.15) is 24.5 Å². The Labute approximate surface area is 155 Å². The molecule has 138 valence electrons. The van der Waals surface area contributed by atoms with Gasteiger partial charge in [0, 0.05) is 49.2 Å². The number of anilines is 2. The van der Waals surface area contributed by atoms with E-state index in [1.807, 2.05) is 24.3 Å². The molecule has 3 rings (SSSR count). The number of pyridine rings is 1. The molecule has 0 saturated carbocycles. The number of hydrogen-bond donors (Lipinski definition) is 2. The summed E-state index contributed by atoms with van der Waals surface area (Å²) >= 11 is 0. The molecule has 1 aliphatic heterocycles. The fourth-order valence-electron chi connectivity index (χ4n) is 3.00. The second kappa shape index (κ2) is 8.19. The molecule has 2 aromatic rings. The van der Waals surface area contributed by atoms with Gasteiger partial charge < -0.3 is 20.3 Å². The van der Waals surface area contributed by atoms with Gasteiger partial charge in [-0.05, 0) is 43.8 Å². The first-order valence-corrected chi connectivity index (χ1v) is 9.09. The predicted octanol–water partition coefficient (Wildman–Crippen LogP) is 2.62. The molecule has 0 amide bonds. The fraction of sp³-hybridized carbons (Fsp3) is 0.400. The number of benzene rings is 1. The van der Waals surface area contributed by atoms with Gasteiger partial charge in [-0.25, -0.2) is 4.98 Å². The third-order valence-corrected chi connectivity index (χ3v) is 4.63. The zero-order valence-electron chi connectivity index (χ0n) is 15.5. The van der Waals surface area contributed by atoms with Gasteiger partial charge >= 0.3 is 0 Å². The molecule has 3 N–H and O–H groups in total. The van der Waals surface area contributed by atoms with Crippen molar-refractivity contribution in [2.24, 2.45) is 0 Å². The van der Waals surface area contributed by atoms with Gasteiger partial charge in [0.1, 0.15) is 11.6 Å². The maximum atomic E-state index is 8.64. The van der Waals surface area contributed by atoms with E-state index in [9.17, 15) is 0 Å². The third kappa shape index (κ3) is 4.14. The fourth-order valence-corrected chi connectivity index (χ4v) is 3.00. The molecule has 6 nitrogen and oxygen atoms in total. The zero-order valence-corrected chi connectivity index (χ0v) is 15.5.